The van der Waals surface area contributed by atoms with E-state index in [1.54, 1.807) is 0 Å². The zero-order chi connectivity index (χ0) is 18.1. The van der Waals surface area contributed by atoms with Crippen molar-refractivity contribution in [3.63, 3.8) is 0 Å². The first-order valence-electron chi connectivity index (χ1n) is 9.01. The zero-order valence-electron chi connectivity index (χ0n) is 14.7. The van der Waals surface area contributed by atoms with Crippen molar-refractivity contribution in [1.29, 1.82) is 0 Å². The number of nitrogens with one attached hydrogen (secondary N) is 1. The lowest BCUT2D eigenvalue weighted by Crippen LogP contribution is -1.97. The zero-order valence-corrected chi connectivity index (χ0v) is 14.7. The van der Waals surface area contributed by atoms with Gasteiger partial charge in [0.1, 0.15) is 18.2 Å². The normalized spacial score (nSPS) is 11.1. The minimum Gasteiger partial charge on any atom is -0.488 e. The van der Waals surface area contributed by atoms with Crippen LogP contribution in [0.1, 0.15) is 5.56 Å². The summed E-state index contributed by atoms with van der Waals surface area (Å²) in [5, 5.41) is 2.47. The summed E-state index contributed by atoms with van der Waals surface area (Å²) >= 11 is 0. The first-order valence-corrected chi connectivity index (χ1v) is 9.01. The van der Waals surface area contributed by atoms with Gasteiger partial charge >= 0.3 is 0 Å². The van der Waals surface area contributed by atoms with E-state index in [0.717, 1.165) is 33.7 Å². The molecule has 1 aromatic heterocycles. The molecule has 3 heteroatoms. The number of rotatable bonds is 4. The minimum atomic E-state index is 0.516. The third-order valence-corrected chi connectivity index (χ3v) is 4.74. The Morgan fingerprint density at radius 1 is 0.741 bits per heavy atom. The topological polar surface area (TPSA) is 37.9 Å². The molecule has 0 fully saturated rings. The monoisotopic (exact) mass is 350 g/mol. The first kappa shape index (κ1) is 15.6. The molecule has 0 spiro atoms. The number of para-hydroxylation sites is 3. The van der Waals surface area contributed by atoms with E-state index in [9.17, 15) is 0 Å². The maximum absolute atomic E-state index is 6.16. The lowest BCUT2D eigenvalue weighted by Gasteiger charge is -2.10. The van der Waals surface area contributed by atoms with Gasteiger partial charge in [0.25, 0.3) is 0 Å². The summed E-state index contributed by atoms with van der Waals surface area (Å²) in [5.74, 6) is 1.65. The second-order valence-electron chi connectivity index (χ2n) is 6.57. The molecule has 0 aliphatic carbocycles. The fourth-order valence-corrected chi connectivity index (χ4v) is 3.36. The van der Waals surface area contributed by atoms with Gasteiger partial charge in [-0.3, -0.25) is 0 Å². The molecule has 0 amide bonds. The minimum absolute atomic E-state index is 0.516. The summed E-state index contributed by atoms with van der Waals surface area (Å²) in [6.07, 6.45) is 0. The Hall–Kier alpha value is -3.59. The third-order valence-electron chi connectivity index (χ3n) is 4.74. The van der Waals surface area contributed by atoms with Crippen LogP contribution in [0.2, 0.25) is 0 Å². The Bertz CT molecular complexity index is 1210. The summed E-state index contributed by atoms with van der Waals surface area (Å²) in [7, 11) is 0. The molecule has 27 heavy (non-hydrogen) atoms. The van der Waals surface area contributed by atoms with Crippen LogP contribution in [0.25, 0.3) is 33.2 Å². The Balaban J connectivity index is 1.45. The quantitative estimate of drug-likeness (QED) is 0.434. The van der Waals surface area contributed by atoms with Crippen molar-refractivity contribution < 1.29 is 4.74 Å². The highest BCUT2D eigenvalue weighted by Gasteiger charge is 2.10. The molecule has 0 radical (unpaired) electrons. The molecule has 1 N–H and O–H groups in total. The van der Waals surface area contributed by atoms with Crippen LogP contribution >= 0.6 is 0 Å². The Morgan fingerprint density at radius 3 is 2.44 bits per heavy atom. The Kier molecular flexibility index (Phi) is 3.83. The number of nitrogens with zero attached hydrogens (tertiary/aromatic N) is 1. The van der Waals surface area contributed by atoms with Gasteiger partial charge in [0, 0.05) is 0 Å². The molecule has 0 saturated heterocycles. The molecule has 130 valence electrons. The second-order valence-corrected chi connectivity index (χ2v) is 6.57. The number of hydrogen-bond donors (Lipinski definition) is 1. The first-order chi connectivity index (χ1) is 13.4. The predicted octanol–water partition coefficient (Wildman–Crippen LogP) is 5.96. The maximum Gasteiger partial charge on any atom is 0.142 e. The van der Waals surface area contributed by atoms with Gasteiger partial charge in [-0.2, -0.15) is 0 Å². The number of aromatic amines is 1. The van der Waals surface area contributed by atoms with Crippen LogP contribution in [0.15, 0.2) is 91.0 Å². The van der Waals surface area contributed by atoms with Gasteiger partial charge in [-0.1, -0.05) is 60.7 Å². The molecule has 0 unspecified atom stereocenters. The van der Waals surface area contributed by atoms with E-state index in [1.165, 1.54) is 10.8 Å². The summed E-state index contributed by atoms with van der Waals surface area (Å²) < 4.78 is 6.16. The Labute approximate surface area is 157 Å². The van der Waals surface area contributed by atoms with Crippen LogP contribution in [-0.4, -0.2) is 9.97 Å². The number of fused-ring (bicyclic) bond motifs is 2. The van der Waals surface area contributed by atoms with E-state index in [0.29, 0.717) is 6.61 Å². The van der Waals surface area contributed by atoms with E-state index in [1.807, 2.05) is 48.5 Å². The summed E-state index contributed by atoms with van der Waals surface area (Å²) in [6.45, 7) is 0.516. The van der Waals surface area contributed by atoms with Crippen LogP contribution in [0, 0.1) is 0 Å². The van der Waals surface area contributed by atoms with E-state index >= 15 is 0 Å². The van der Waals surface area contributed by atoms with Gasteiger partial charge < -0.3 is 9.72 Å². The second kappa shape index (κ2) is 6.61. The number of benzene rings is 4. The Morgan fingerprint density at radius 2 is 1.52 bits per heavy atom. The largest absolute Gasteiger partial charge is 0.488 e. The molecule has 0 bridgehead atoms. The number of ether oxygens (including phenoxy) is 1. The molecule has 0 atom stereocenters. The van der Waals surface area contributed by atoms with E-state index in [4.69, 9.17) is 9.72 Å². The molecular formula is C24H18N2O. The summed E-state index contributed by atoms with van der Waals surface area (Å²) in [6, 6.07) is 30.9. The lowest BCUT2D eigenvalue weighted by atomic mass is 10.1. The van der Waals surface area contributed by atoms with Gasteiger partial charge in [-0.05, 0) is 46.7 Å². The van der Waals surface area contributed by atoms with Crippen molar-refractivity contribution in [2.45, 2.75) is 6.61 Å². The van der Waals surface area contributed by atoms with Crippen molar-refractivity contribution in [2.75, 3.05) is 0 Å². The molecule has 0 aliphatic rings. The summed E-state index contributed by atoms with van der Waals surface area (Å²) in [4.78, 5) is 8.09. The van der Waals surface area contributed by atoms with Crippen LogP contribution in [0.4, 0.5) is 0 Å². The maximum atomic E-state index is 6.16. The fourth-order valence-electron chi connectivity index (χ4n) is 3.36. The predicted molar refractivity (Wildman–Crippen MR) is 110 cm³/mol. The number of aromatic nitrogens is 2. The molecular weight excluding hydrogens is 332 g/mol. The fraction of sp³-hybridized carbons (Fsp3) is 0.0417. The van der Waals surface area contributed by atoms with Gasteiger partial charge in [-0.25, -0.2) is 4.98 Å². The molecule has 0 aliphatic heterocycles. The highest BCUT2D eigenvalue weighted by Crippen LogP contribution is 2.30. The average molecular weight is 350 g/mol. The van der Waals surface area contributed by atoms with Gasteiger partial charge in [0.2, 0.25) is 0 Å². The van der Waals surface area contributed by atoms with Crippen molar-refractivity contribution in [3.8, 4) is 17.1 Å². The average Bonchev–Trinajstić information content (AvgIpc) is 3.16. The van der Waals surface area contributed by atoms with Crippen LogP contribution in [0.5, 0.6) is 5.75 Å². The van der Waals surface area contributed by atoms with E-state index in [-0.39, 0.29) is 0 Å². The smallest absolute Gasteiger partial charge is 0.142 e. The third kappa shape index (κ3) is 3.04. The van der Waals surface area contributed by atoms with Gasteiger partial charge in [-0.15, -0.1) is 0 Å². The van der Waals surface area contributed by atoms with Crippen LogP contribution < -0.4 is 4.74 Å². The number of H-pyrrole nitrogens is 1. The highest BCUT2D eigenvalue weighted by atomic mass is 16.5. The summed E-state index contributed by atoms with van der Waals surface area (Å²) in [5.41, 5.74) is 4.09. The lowest BCUT2D eigenvalue weighted by molar-refractivity contribution is 0.307. The number of imidazole rings is 1. The van der Waals surface area contributed by atoms with Crippen molar-refractivity contribution in [2.24, 2.45) is 0 Å². The molecule has 5 aromatic rings. The molecule has 0 saturated carbocycles. The van der Waals surface area contributed by atoms with Crippen molar-refractivity contribution in [1.82, 2.24) is 9.97 Å². The molecule has 4 aromatic carbocycles. The molecule has 3 nitrogen and oxygen atoms in total. The van der Waals surface area contributed by atoms with Crippen molar-refractivity contribution >= 4 is 21.8 Å². The van der Waals surface area contributed by atoms with E-state index in [2.05, 4.69) is 47.4 Å². The molecule has 1 heterocycles. The van der Waals surface area contributed by atoms with Gasteiger partial charge in [0.05, 0.1) is 16.6 Å². The van der Waals surface area contributed by atoms with Crippen LogP contribution in [-0.2, 0) is 6.61 Å². The standard InChI is InChI=1S/C24H18N2O/c1-2-8-19-15-17(13-14-18(19)7-1)16-27-23-12-6-3-9-20(23)24-25-21-10-4-5-11-22(21)26-24/h1-15H,16H2,(H,25,26). The molecule has 5 rings (SSSR count). The van der Waals surface area contributed by atoms with Gasteiger partial charge in [0.15, 0.2) is 0 Å². The highest BCUT2D eigenvalue weighted by molar-refractivity contribution is 5.83. The number of hydrogen-bond acceptors (Lipinski definition) is 2. The van der Waals surface area contributed by atoms with E-state index < -0.39 is 0 Å². The van der Waals surface area contributed by atoms with Crippen LogP contribution in [0.3, 0.4) is 0 Å². The SMILES string of the molecule is c1ccc(-c2nc3ccccc3[nH]2)c(OCc2ccc3ccccc3c2)c1. The van der Waals surface area contributed by atoms with Crippen molar-refractivity contribution in [3.05, 3.63) is 96.6 Å².